The van der Waals surface area contributed by atoms with E-state index in [4.69, 9.17) is 10.5 Å². The fraction of sp³-hybridized carbons (Fsp3) is 0.421. The van der Waals surface area contributed by atoms with Crippen molar-refractivity contribution in [2.45, 2.75) is 26.7 Å². The molecule has 3 N–H and O–H groups in total. The summed E-state index contributed by atoms with van der Waals surface area (Å²) in [5.41, 5.74) is 8.13. The van der Waals surface area contributed by atoms with Gasteiger partial charge in [-0.15, -0.1) is 0 Å². The molecule has 0 aliphatic rings. The van der Waals surface area contributed by atoms with Crippen LogP contribution in [0.3, 0.4) is 0 Å². The summed E-state index contributed by atoms with van der Waals surface area (Å²) < 4.78 is 5.14. The third-order valence-electron chi connectivity index (χ3n) is 4.46. The maximum atomic E-state index is 9.59. The standard InChI is InChI=1S/C19H25N5O/c1-4-19(12-20,8-9-25-3)13-23-18-7-5-6-16(24-18)15-10-17(21)22-11-14(15)2/h5-7,10-11H,4,8-9,13H2,1-3H3,(H2,21,22)(H,23,24). The highest BCUT2D eigenvalue weighted by molar-refractivity contribution is 5.67. The molecule has 0 radical (unpaired) electrons. The van der Waals surface area contributed by atoms with Gasteiger partial charge in [0.15, 0.2) is 0 Å². The van der Waals surface area contributed by atoms with Crippen molar-refractivity contribution in [2.75, 3.05) is 31.3 Å². The van der Waals surface area contributed by atoms with Crippen LogP contribution in [0, 0.1) is 23.7 Å². The first kappa shape index (κ1) is 18.7. The van der Waals surface area contributed by atoms with Crippen LogP contribution < -0.4 is 11.1 Å². The molecule has 6 nitrogen and oxygen atoms in total. The maximum Gasteiger partial charge on any atom is 0.126 e. The molecule has 6 heteroatoms. The van der Waals surface area contributed by atoms with Crippen LogP contribution in [0.15, 0.2) is 30.5 Å². The first-order chi connectivity index (χ1) is 12.0. The van der Waals surface area contributed by atoms with Crippen LogP contribution >= 0.6 is 0 Å². The second-order valence-corrected chi connectivity index (χ2v) is 6.17. The molecular weight excluding hydrogens is 314 g/mol. The lowest BCUT2D eigenvalue weighted by Gasteiger charge is -2.25. The molecule has 0 saturated carbocycles. The van der Waals surface area contributed by atoms with E-state index in [0.717, 1.165) is 29.1 Å². The minimum absolute atomic E-state index is 0.467. The molecule has 2 rings (SSSR count). The van der Waals surface area contributed by atoms with Gasteiger partial charge in [0.25, 0.3) is 0 Å². The SMILES string of the molecule is CCC(C#N)(CCOC)CNc1cccc(-c2cc(N)ncc2C)n1. The Kier molecular flexibility index (Phi) is 6.31. The number of ether oxygens (including phenoxy) is 1. The normalized spacial score (nSPS) is 13.0. The average Bonchev–Trinajstić information content (AvgIpc) is 2.65. The van der Waals surface area contributed by atoms with Gasteiger partial charge in [0.2, 0.25) is 0 Å². The second kappa shape index (κ2) is 8.45. The maximum absolute atomic E-state index is 9.59. The zero-order chi connectivity index (χ0) is 18.3. The molecule has 0 fully saturated rings. The number of nitrogens with one attached hydrogen (secondary N) is 1. The topological polar surface area (TPSA) is 96.8 Å². The van der Waals surface area contributed by atoms with E-state index in [9.17, 15) is 5.26 Å². The molecule has 1 unspecified atom stereocenters. The van der Waals surface area contributed by atoms with E-state index >= 15 is 0 Å². The Labute approximate surface area is 149 Å². The quantitative estimate of drug-likeness (QED) is 0.765. The van der Waals surface area contributed by atoms with E-state index in [2.05, 4.69) is 21.4 Å². The minimum atomic E-state index is -0.468. The van der Waals surface area contributed by atoms with Gasteiger partial charge in [-0.05, 0) is 43.5 Å². The van der Waals surface area contributed by atoms with E-state index in [0.29, 0.717) is 25.4 Å². The number of methoxy groups -OCH3 is 1. The lowest BCUT2D eigenvalue weighted by atomic mass is 9.83. The van der Waals surface area contributed by atoms with E-state index in [1.165, 1.54) is 0 Å². The monoisotopic (exact) mass is 339 g/mol. The average molecular weight is 339 g/mol. The summed E-state index contributed by atoms with van der Waals surface area (Å²) in [5.74, 6) is 1.20. The van der Waals surface area contributed by atoms with Crippen molar-refractivity contribution < 1.29 is 4.74 Å². The Balaban J connectivity index is 2.19. The molecule has 2 heterocycles. The van der Waals surface area contributed by atoms with Crippen LogP contribution in [-0.2, 0) is 4.74 Å². The Morgan fingerprint density at radius 3 is 2.88 bits per heavy atom. The van der Waals surface area contributed by atoms with Gasteiger partial charge in [0.05, 0.1) is 17.2 Å². The van der Waals surface area contributed by atoms with E-state index in [-0.39, 0.29) is 0 Å². The Morgan fingerprint density at radius 1 is 1.40 bits per heavy atom. The van der Waals surface area contributed by atoms with Crippen molar-refractivity contribution in [1.82, 2.24) is 9.97 Å². The van der Waals surface area contributed by atoms with Crippen molar-refractivity contribution in [1.29, 1.82) is 5.26 Å². The van der Waals surface area contributed by atoms with Crippen LogP contribution in [0.1, 0.15) is 25.3 Å². The molecule has 0 saturated heterocycles. The summed E-state index contributed by atoms with van der Waals surface area (Å²) in [7, 11) is 1.65. The molecule has 2 aromatic rings. The summed E-state index contributed by atoms with van der Waals surface area (Å²) >= 11 is 0. The Morgan fingerprint density at radius 2 is 2.20 bits per heavy atom. The largest absolute Gasteiger partial charge is 0.385 e. The number of nitrogens with two attached hydrogens (primary N) is 1. The number of pyridine rings is 2. The number of rotatable bonds is 8. The first-order valence-electron chi connectivity index (χ1n) is 8.37. The fourth-order valence-corrected chi connectivity index (χ4v) is 2.62. The highest BCUT2D eigenvalue weighted by Gasteiger charge is 2.27. The van der Waals surface area contributed by atoms with Gasteiger partial charge < -0.3 is 15.8 Å². The lowest BCUT2D eigenvalue weighted by molar-refractivity contribution is 0.161. The van der Waals surface area contributed by atoms with Crippen molar-refractivity contribution in [3.8, 4) is 17.3 Å². The van der Waals surface area contributed by atoms with Crippen molar-refractivity contribution >= 4 is 11.6 Å². The van der Waals surface area contributed by atoms with Gasteiger partial charge in [-0.2, -0.15) is 5.26 Å². The number of anilines is 2. The van der Waals surface area contributed by atoms with Crippen LogP contribution in [-0.4, -0.2) is 30.2 Å². The molecule has 0 aliphatic heterocycles. The molecule has 1 atom stereocenters. The molecule has 132 valence electrons. The summed E-state index contributed by atoms with van der Waals surface area (Å²) in [5, 5.41) is 12.9. The highest BCUT2D eigenvalue weighted by atomic mass is 16.5. The number of aromatic nitrogens is 2. The molecule has 25 heavy (non-hydrogen) atoms. The lowest BCUT2D eigenvalue weighted by Crippen LogP contribution is -2.29. The van der Waals surface area contributed by atoms with E-state index < -0.39 is 5.41 Å². The molecule has 0 spiro atoms. The predicted molar refractivity (Wildman–Crippen MR) is 99.9 cm³/mol. The Hall–Kier alpha value is -2.65. The molecule has 0 aromatic carbocycles. The zero-order valence-corrected chi connectivity index (χ0v) is 15.0. The zero-order valence-electron chi connectivity index (χ0n) is 15.0. The third kappa shape index (κ3) is 4.68. The first-order valence-corrected chi connectivity index (χ1v) is 8.37. The number of aryl methyl sites for hydroxylation is 1. The van der Waals surface area contributed by atoms with E-state index in [1.54, 1.807) is 13.3 Å². The summed E-state index contributed by atoms with van der Waals surface area (Å²) in [6.07, 6.45) is 3.18. The minimum Gasteiger partial charge on any atom is -0.385 e. The summed E-state index contributed by atoms with van der Waals surface area (Å²) in [6.45, 7) is 5.09. The van der Waals surface area contributed by atoms with Crippen molar-refractivity contribution in [3.05, 3.63) is 36.0 Å². The van der Waals surface area contributed by atoms with Gasteiger partial charge in [-0.3, -0.25) is 0 Å². The van der Waals surface area contributed by atoms with Gasteiger partial charge in [0.1, 0.15) is 11.6 Å². The van der Waals surface area contributed by atoms with Crippen LogP contribution in [0.25, 0.3) is 11.3 Å². The van der Waals surface area contributed by atoms with Crippen LogP contribution in [0.5, 0.6) is 0 Å². The van der Waals surface area contributed by atoms with Crippen molar-refractivity contribution in [2.24, 2.45) is 5.41 Å². The smallest absolute Gasteiger partial charge is 0.126 e. The van der Waals surface area contributed by atoms with Gasteiger partial charge >= 0.3 is 0 Å². The Bertz CT molecular complexity index is 756. The molecular formula is C19H25N5O. The summed E-state index contributed by atoms with van der Waals surface area (Å²) in [4.78, 5) is 8.75. The number of hydrogen-bond acceptors (Lipinski definition) is 6. The second-order valence-electron chi connectivity index (χ2n) is 6.17. The van der Waals surface area contributed by atoms with Crippen LogP contribution in [0.4, 0.5) is 11.6 Å². The number of nitrogens with zero attached hydrogens (tertiary/aromatic N) is 3. The van der Waals surface area contributed by atoms with Gasteiger partial charge in [-0.25, -0.2) is 9.97 Å². The molecule has 0 aliphatic carbocycles. The van der Waals surface area contributed by atoms with Gasteiger partial charge in [-0.1, -0.05) is 13.0 Å². The number of nitriles is 1. The molecule has 0 bridgehead atoms. The molecule has 0 amide bonds. The predicted octanol–water partition coefficient (Wildman–Crippen LogP) is 3.40. The summed E-state index contributed by atoms with van der Waals surface area (Å²) in [6, 6.07) is 10.0. The van der Waals surface area contributed by atoms with Crippen molar-refractivity contribution in [3.63, 3.8) is 0 Å². The van der Waals surface area contributed by atoms with Crippen LogP contribution in [0.2, 0.25) is 0 Å². The van der Waals surface area contributed by atoms with E-state index in [1.807, 2.05) is 38.1 Å². The fourth-order valence-electron chi connectivity index (χ4n) is 2.62. The number of nitrogen functional groups attached to an aromatic ring is 1. The highest BCUT2D eigenvalue weighted by Crippen LogP contribution is 2.27. The molecule has 2 aromatic heterocycles. The number of hydrogen-bond donors (Lipinski definition) is 2. The van der Waals surface area contributed by atoms with Gasteiger partial charge in [0, 0.05) is 32.0 Å². The third-order valence-corrected chi connectivity index (χ3v) is 4.46.